The molecule has 2 aromatic rings. The maximum atomic E-state index is 14.2. The zero-order valence-electron chi connectivity index (χ0n) is 15.6. The second-order valence-electron chi connectivity index (χ2n) is 6.60. The topological polar surface area (TPSA) is 88.7 Å². The first-order valence-electron chi connectivity index (χ1n) is 8.55. The number of methoxy groups -OCH3 is 1. The van der Waals surface area contributed by atoms with Gasteiger partial charge in [0.15, 0.2) is 5.60 Å². The van der Waals surface area contributed by atoms with Crippen molar-refractivity contribution >= 4 is 5.91 Å². The van der Waals surface area contributed by atoms with Crippen molar-refractivity contribution in [3.63, 3.8) is 0 Å². The highest BCUT2D eigenvalue weighted by molar-refractivity contribution is 5.92. The summed E-state index contributed by atoms with van der Waals surface area (Å²) < 4.78 is 19.3. The van der Waals surface area contributed by atoms with E-state index in [0.717, 1.165) is 0 Å². The number of likely N-dealkylation sites (N-methyl/N-ethyl adjacent to an activating group) is 1. The summed E-state index contributed by atoms with van der Waals surface area (Å²) in [6, 6.07) is 7.13. The van der Waals surface area contributed by atoms with Crippen molar-refractivity contribution < 1.29 is 19.0 Å². The monoisotopic (exact) mass is 381 g/mol. The molecule has 7 heteroatoms. The predicted octanol–water partition coefficient (Wildman–Crippen LogP) is 1.93. The smallest absolute Gasteiger partial charge is 0.267 e. The largest absolute Gasteiger partial charge is 0.497 e. The number of nitrogens with zero attached hydrogens (tertiary/aromatic N) is 2. The first kappa shape index (κ1) is 19.4. The third-order valence-corrected chi connectivity index (χ3v) is 4.64. The van der Waals surface area contributed by atoms with E-state index in [2.05, 4.69) is 23.4 Å². The first-order chi connectivity index (χ1) is 13.2. The van der Waals surface area contributed by atoms with Crippen LogP contribution in [0.3, 0.4) is 0 Å². The molecule has 1 aromatic heterocycles. The number of primary amides is 1. The van der Waals surface area contributed by atoms with Gasteiger partial charge in [0, 0.05) is 43.3 Å². The van der Waals surface area contributed by atoms with Gasteiger partial charge < -0.3 is 20.5 Å². The molecule has 6 nitrogen and oxygen atoms in total. The SMILES string of the molecule is C=C1N(C)CC[C@@]1(O)C#Cc1cc(F)cc(-c2cc(OC)cc(C(N)=O)n2)c1. The molecule has 0 spiro atoms. The molecule has 1 aliphatic rings. The van der Waals surface area contributed by atoms with E-state index in [4.69, 9.17) is 10.5 Å². The van der Waals surface area contributed by atoms with Gasteiger partial charge in [0.05, 0.1) is 18.5 Å². The Morgan fingerprint density at radius 1 is 1.39 bits per heavy atom. The van der Waals surface area contributed by atoms with Crippen LogP contribution in [0.1, 0.15) is 22.5 Å². The van der Waals surface area contributed by atoms with E-state index < -0.39 is 17.3 Å². The number of hydrogen-bond acceptors (Lipinski definition) is 5. The van der Waals surface area contributed by atoms with Gasteiger partial charge in [-0.1, -0.05) is 18.4 Å². The molecule has 144 valence electrons. The molecule has 28 heavy (non-hydrogen) atoms. The van der Waals surface area contributed by atoms with Crippen molar-refractivity contribution in [2.75, 3.05) is 20.7 Å². The normalized spacial score (nSPS) is 18.6. The van der Waals surface area contributed by atoms with Gasteiger partial charge in [-0.3, -0.25) is 4.79 Å². The fourth-order valence-electron chi connectivity index (χ4n) is 2.94. The summed E-state index contributed by atoms with van der Waals surface area (Å²) in [7, 11) is 3.27. The molecule has 1 atom stereocenters. The maximum Gasteiger partial charge on any atom is 0.267 e. The molecule has 3 N–H and O–H groups in total. The molecule has 0 unspecified atom stereocenters. The van der Waals surface area contributed by atoms with E-state index in [-0.39, 0.29) is 5.69 Å². The summed E-state index contributed by atoms with van der Waals surface area (Å²) in [6.45, 7) is 4.50. The van der Waals surface area contributed by atoms with Crippen LogP contribution in [0.4, 0.5) is 4.39 Å². The van der Waals surface area contributed by atoms with E-state index in [9.17, 15) is 14.3 Å². The summed E-state index contributed by atoms with van der Waals surface area (Å²) in [5.41, 5.74) is 5.56. The molecule has 1 saturated heterocycles. The number of aromatic nitrogens is 1. The minimum atomic E-state index is -1.34. The van der Waals surface area contributed by atoms with Gasteiger partial charge in [0.2, 0.25) is 0 Å². The molecule has 0 aliphatic carbocycles. The Morgan fingerprint density at radius 3 is 2.75 bits per heavy atom. The van der Waals surface area contributed by atoms with Crippen molar-refractivity contribution in [1.29, 1.82) is 0 Å². The lowest BCUT2D eigenvalue weighted by atomic mass is 10.00. The van der Waals surface area contributed by atoms with Crippen LogP contribution < -0.4 is 10.5 Å². The van der Waals surface area contributed by atoms with E-state index in [0.29, 0.717) is 41.2 Å². The van der Waals surface area contributed by atoms with Gasteiger partial charge in [-0.25, -0.2) is 9.37 Å². The third-order valence-electron chi connectivity index (χ3n) is 4.64. The molecule has 1 fully saturated rings. The van der Waals surface area contributed by atoms with Gasteiger partial charge in [0.1, 0.15) is 17.3 Å². The number of carbonyl (C=O) groups is 1. The first-order valence-corrected chi connectivity index (χ1v) is 8.55. The molecule has 2 heterocycles. The minimum absolute atomic E-state index is 0.00542. The van der Waals surface area contributed by atoms with E-state index in [1.165, 1.54) is 25.3 Å². The van der Waals surface area contributed by atoms with Crippen molar-refractivity contribution in [3.05, 3.63) is 59.7 Å². The Kier molecular flexibility index (Phi) is 5.08. The summed E-state index contributed by atoms with van der Waals surface area (Å²) in [6.07, 6.45) is 0.427. The summed E-state index contributed by atoms with van der Waals surface area (Å²) in [5, 5.41) is 10.6. The number of hydrogen-bond donors (Lipinski definition) is 2. The molecule has 1 aliphatic heterocycles. The Morgan fingerprint density at radius 2 is 2.14 bits per heavy atom. The Labute approximate surface area is 162 Å². The van der Waals surface area contributed by atoms with Gasteiger partial charge in [-0.2, -0.15) is 0 Å². The van der Waals surface area contributed by atoms with Crippen LogP contribution in [-0.2, 0) is 0 Å². The Balaban J connectivity index is 2.02. The zero-order chi connectivity index (χ0) is 20.5. The quantitative estimate of drug-likeness (QED) is 0.793. The zero-order valence-corrected chi connectivity index (χ0v) is 15.6. The van der Waals surface area contributed by atoms with Crippen molar-refractivity contribution in [2.45, 2.75) is 12.0 Å². The van der Waals surface area contributed by atoms with E-state index in [1.54, 1.807) is 12.1 Å². The standard InChI is InChI=1S/C21H20FN3O3/c1-13-21(27,6-7-25(13)2)5-4-14-8-15(10-16(22)9-14)18-11-17(28-3)12-19(24-18)20(23)26/h8-12,27H,1,6-7H2,2-3H3,(H2,23,26)/t21-/m0/s1. The highest BCUT2D eigenvalue weighted by atomic mass is 19.1. The summed E-state index contributed by atoms with van der Waals surface area (Å²) in [5.74, 6) is 4.73. The number of carbonyl (C=O) groups excluding carboxylic acids is 1. The Bertz CT molecular complexity index is 1030. The number of halogens is 1. The number of likely N-dealkylation sites (tertiary alicyclic amines) is 1. The second kappa shape index (κ2) is 7.33. The number of rotatable bonds is 3. The molecule has 3 rings (SSSR count). The third kappa shape index (κ3) is 3.82. The number of pyridine rings is 1. The fourth-order valence-corrected chi connectivity index (χ4v) is 2.94. The van der Waals surface area contributed by atoms with E-state index in [1.807, 2.05) is 11.9 Å². The molecular formula is C21H20FN3O3. The number of ether oxygens (including phenoxy) is 1. The van der Waals surface area contributed by atoms with Crippen LogP contribution in [-0.4, -0.2) is 47.2 Å². The van der Waals surface area contributed by atoms with Gasteiger partial charge in [-0.15, -0.1) is 0 Å². The predicted molar refractivity (Wildman–Crippen MR) is 103 cm³/mol. The van der Waals surface area contributed by atoms with Crippen LogP contribution in [0.15, 0.2) is 42.6 Å². The average Bonchev–Trinajstić information content (AvgIpc) is 2.93. The van der Waals surface area contributed by atoms with Crippen LogP contribution in [0.5, 0.6) is 5.75 Å². The van der Waals surface area contributed by atoms with Gasteiger partial charge in [0.25, 0.3) is 5.91 Å². The lowest BCUT2D eigenvalue weighted by Crippen LogP contribution is -2.26. The minimum Gasteiger partial charge on any atom is -0.497 e. The number of benzene rings is 1. The molecule has 0 saturated carbocycles. The van der Waals surface area contributed by atoms with Gasteiger partial charge >= 0.3 is 0 Å². The highest BCUT2D eigenvalue weighted by Gasteiger charge is 2.36. The molecule has 1 aromatic carbocycles. The summed E-state index contributed by atoms with van der Waals surface area (Å²) in [4.78, 5) is 17.5. The van der Waals surface area contributed by atoms with Crippen LogP contribution in [0.25, 0.3) is 11.3 Å². The average molecular weight is 381 g/mol. The maximum absolute atomic E-state index is 14.2. The van der Waals surface area contributed by atoms with Crippen LogP contribution in [0, 0.1) is 17.7 Å². The highest BCUT2D eigenvalue weighted by Crippen LogP contribution is 2.29. The lowest BCUT2D eigenvalue weighted by Gasteiger charge is -2.19. The second-order valence-corrected chi connectivity index (χ2v) is 6.60. The van der Waals surface area contributed by atoms with E-state index >= 15 is 0 Å². The fraction of sp³-hybridized carbons (Fsp3) is 0.238. The van der Waals surface area contributed by atoms with Crippen molar-refractivity contribution in [2.24, 2.45) is 5.73 Å². The van der Waals surface area contributed by atoms with Crippen LogP contribution >= 0.6 is 0 Å². The lowest BCUT2D eigenvalue weighted by molar-refractivity contribution is 0.0995. The molecule has 1 amide bonds. The molecular weight excluding hydrogens is 361 g/mol. The number of aliphatic hydroxyl groups is 1. The van der Waals surface area contributed by atoms with Gasteiger partial charge in [-0.05, 0) is 18.2 Å². The Hall–Kier alpha value is -3.37. The van der Waals surface area contributed by atoms with Crippen LogP contribution in [0.2, 0.25) is 0 Å². The van der Waals surface area contributed by atoms with Crippen molar-refractivity contribution in [3.8, 4) is 28.8 Å². The molecule has 0 radical (unpaired) electrons. The van der Waals surface area contributed by atoms with Crippen molar-refractivity contribution in [1.82, 2.24) is 9.88 Å². The molecule has 0 bridgehead atoms. The number of amides is 1. The number of nitrogens with two attached hydrogens (primary N) is 1. The summed E-state index contributed by atoms with van der Waals surface area (Å²) >= 11 is 0.